The van der Waals surface area contributed by atoms with Gasteiger partial charge >= 0.3 is 0 Å². The van der Waals surface area contributed by atoms with E-state index in [1.54, 1.807) is 24.3 Å². The van der Waals surface area contributed by atoms with Crippen molar-refractivity contribution in [2.45, 2.75) is 0 Å². The summed E-state index contributed by atoms with van der Waals surface area (Å²) in [5.41, 5.74) is 5.39. The second-order valence-electron chi connectivity index (χ2n) is 3.14. The number of phenolic OH excluding ortho intramolecular Hbond substituents is 1. The van der Waals surface area contributed by atoms with Gasteiger partial charge < -0.3 is 10.8 Å². The molecule has 0 aliphatic rings. The van der Waals surface area contributed by atoms with Crippen LogP contribution in [-0.4, -0.2) is 10.0 Å². The number of benzene rings is 2. The van der Waals surface area contributed by atoms with Gasteiger partial charge in [0.05, 0.1) is 16.0 Å². The molecule has 0 bridgehead atoms. The quantitative estimate of drug-likeness (QED) is 0.322. The summed E-state index contributed by atoms with van der Waals surface area (Å²) in [6.07, 6.45) is 0. The van der Waals surface area contributed by atoms with Crippen LogP contribution < -0.4 is 5.73 Å². The van der Waals surface area contributed by atoms with Gasteiger partial charge in [-0.3, -0.25) is 10.1 Å². The molecule has 0 saturated heterocycles. The van der Waals surface area contributed by atoms with Gasteiger partial charge in [-0.05, 0) is 6.07 Å². The number of phenols is 1. The lowest BCUT2D eigenvalue weighted by molar-refractivity contribution is -0.383. The molecular weight excluding hydrogens is 196 g/mol. The number of non-ortho nitro benzene ring substituents is 1. The van der Waals surface area contributed by atoms with Gasteiger partial charge in [0.25, 0.3) is 5.69 Å². The Bertz CT molecular complexity index is 552. The Morgan fingerprint density at radius 1 is 1.27 bits per heavy atom. The summed E-state index contributed by atoms with van der Waals surface area (Å²) < 4.78 is 0. The van der Waals surface area contributed by atoms with Crippen LogP contribution >= 0.6 is 0 Å². The summed E-state index contributed by atoms with van der Waals surface area (Å²) >= 11 is 0. The summed E-state index contributed by atoms with van der Waals surface area (Å²) in [4.78, 5) is 10.2. The Morgan fingerprint density at radius 3 is 2.47 bits per heavy atom. The molecule has 2 aromatic rings. The maximum Gasteiger partial charge on any atom is 0.279 e. The van der Waals surface area contributed by atoms with Crippen molar-refractivity contribution in [3.63, 3.8) is 0 Å². The first-order valence-corrected chi connectivity index (χ1v) is 4.26. The molecule has 0 spiro atoms. The SMILES string of the molecule is Nc1cc([N+](=O)[O-])c2ccccc2c1O. The molecule has 3 N–H and O–H groups in total. The molecule has 2 aromatic carbocycles. The smallest absolute Gasteiger partial charge is 0.279 e. The zero-order valence-electron chi connectivity index (χ0n) is 7.68. The van der Waals surface area contributed by atoms with Gasteiger partial charge in [-0.1, -0.05) is 18.2 Å². The minimum absolute atomic E-state index is 0.0143. The minimum atomic E-state index is -0.516. The lowest BCUT2D eigenvalue weighted by atomic mass is 10.1. The number of nitrogen functional groups attached to an aromatic ring is 1. The average molecular weight is 204 g/mol. The molecule has 2 rings (SSSR count). The average Bonchev–Trinajstić information content (AvgIpc) is 2.23. The van der Waals surface area contributed by atoms with Crippen molar-refractivity contribution < 1.29 is 10.0 Å². The van der Waals surface area contributed by atoms with E-state index in [1.807, 2.05) is 0 Å². The minimum Gasteiger partial charge on any atom is -0.505 e. The molecule has 0 aromatic heterocycles. The van der Waals surface area contributed by atoms with Crippen LogP contribution in [0.4, 0.5) is 11.4 Å². The van der Waals surface area contributed by atoms with Crippen molar-refractivity contribution in [1.29, 1.82) is 0 Å². The summed E-state index contributed by atoms with van der Waals surface area (Å²) in [5, 5.41) is 21.1. The van der Waals surface area contributed by atoms with Crippen LogP contribution in [0.15, 0.2) is 30.3 Å². The Kier molecular flexibility index (Phi) is 1.93. The van der Waals surface area contributed by atoms with Gasteiger partial charge in [0.15, 0.2) is 0 Å². The maximum atomic E-state index is 10.7. The van der Waals surface area contributed by atoms with Crippen LogP contribution in [0.5, 0.6) is 5.75 Å². The van der Waals surface area contributed by atoms with Gasteiger partial charge in [0, 0.05) is 11.5 Å². The van der Waals surface area contributed by atoms with Crippen molar-refractivity contribution in [1.82, 2.24) is 0 Å². The van der Waals surface area contributed by atoms with Crippen LogP contribution in [0.25, 0.3) is 10.8 Å². The molecule has 0 unspecified atom stereocenters. The highest BCUT2D eigenvalue weighted by atomic mass is 16.6. The standard InChI is InChI=1S/C10H8N2O3/c11-8-5-9(12(14)15)6-3-1-2-4-7(6)10(8)13/h1-5,13H,11H2. The largest absolute Gasteiger partial charge is 0.505 e. The zero-order valence-corrected chi connectivity index (χ0v) is 7.68. The van der Waals surface area contributed by atoms with Gasteiger partial charge in [0.1, 0.15) is 5.75 Å². The Morgan fingerprint density at radius 2 is 1.87 bits per heavy atom. The first-order chi connectivity index (χ1) is 7.11. The lowest BCUT2D eigenvalue weighted by Crippen LogP contribution is -1.93. The molecule has 5 heteroatoms. The van der Waals surface area contributed by atoms with E-state index >= 15 is 0 Å². The fraction of sp³-hybridized carbons (Fsp3) is 0. The number of nitrogens with two attached hydrogens (primary N) is 1. The molecule has 0 heterocycles. The van der Waals surface area contributed by atoms with Crippen molar-refractivity contribution in [2.24, 2.45) is 0 Å². The summed E-state index contributed by atoms with van der Waals surface area (Å²) in [6, 6.07) is 7.69. The Balaban J connectivity index is 2.94. The number of fused-ring (bicyclic) bond motifs is 1. The van der Waals surface area contributed by atoms with Crippen LogP contribution in [0.1, 0.15) is 0 Å². The molecule has 0 aliphatic carbocycles. The lowest BCUT2D eigenvalue weighted by Gasteiger charge is -2.04. The number of nitrogens with zero attached hydrogens (tertiary/aromatic N) is 1. The fourth-order valence-electron chi connectivity index (χ4n) is 1.51. The first kappa shape index (κ1) is 9.26. The number of nitro groups is 1. The van der Waals surface area contributed by atoms with Crippen molar-refractivity contribution in [2.75, 3.05) is 5.73 Å². The summed E-state index contributed by atoms with van der Waals surface area (Å²) in [7, 11) is 0. The second kappa shape index (κ2) is 3.13. The molecule has 0 amide bonds. The normalized spacial score (nSPS) is 10.4. The van der Waals surface area contributed by atoms with Crippen LogP contribution in [0, 0.1) is 10.1 Å². The van der Waals surface area contributed by atoms with Crippen molar-refractivity contribution in [3.8, 4) is 5.75 Å². The Labute approximate surface area is 84.9 Å². The molecule has 0 fully saturated rings. The van der Waals surface area contributed by atoms with E-state index in [0.29, 0.717) is 10.8 Å². The highest BCUT2D eigenvalue weighted by Crippen LogP contribution is 2.36. The molecular formula is C10H8N2O3. The third-order valence-corrected chi connectivity index (χ3v) is 2.22. The second-order valence-corrected chi connectivity index (χ2v) is 3.14. The summed E-state index contributed by atoms with van der Waals surface area (Å²) in [6.45, 7) is 0. The topological polar surface area (TPSA) is 89.4 Å². The maximum absolute atomic E-state index is 10.7. The molecule has 0 radical (unpaired) electrons. The highest BCUT2D eigenvalue weighted by molar-refractivity contribution is 5.99. The molecule has 0 aliphatic heterocycles. The van der Waals surface area contributed by atoms with Crippen molar-refractivity contribution >= 4 is 22.1 Å². The molecule has 15 heavy (non-hydrogen) atoms. The molecule has 5 nitrogen and oxygen atoms in total. The first-order valence-electron chi connectivity index (χ1n) is 4.26. The van der Waals surface area contributed by atoms with E-state index in [9.17, 15) is 15.2 Å². The van der Waals surface area contributed by atoms with Crippen LogP contribution in [0.2, 0.25) is 0 Å². The number of anilines is 1. The predicted molar refractivity (Wildman–Crippen MR) is 56.7 cm³/mol. The van der Waals surface area contributed by atoms with E-state index in [2.05, 4.69) is 0 Å². The highest BCUT2D eigenvalue weighted by Gasteiger charge is 2.16. The molecule has 0 saturated carbocycles. The fourth-order valence-corrected chi connectivity index (χ4v) is 1.51. The van der Waals surface area contributed by atoms with Gasteiger partial charge in [0.2, 0.25) is 0 Å². The molecule has 0 atom stereocenters. The number of rotatable bonds is 1. The van der Waals surface area contributed by atoms with Crippen LogP contribution in [0.3, 0.4) is 0 Å². The third-order valence-electron chi connectivity index (χ3n) is 2.22. The van der Waals surface area contributed by atoms with Gasteiger partial charge in [-0.25, -0.2) is 0 Å². The van der Waals surface area contributed by atoms with Gasteiger partial charge in [-0.2, -0.15) is 0 Å². The Hall–Kier alpha value is -2.30. The molecule has 76 valence electrons. The van der Waals surface area contributed by atoms with E-state index in [-0.39, 0.29) is 17.1 Å². The van der Waals surface area contributed by atoms with E-state index < -0.39 is 4.92 Å². The summed E-state index contributed by atoms with van der Waals surface area (Å²) in [5.74, 6) is -0.115. The van der Waals surface area contributed by atoms with E-state index in [0.717, 1.165) is 6.07 Å². The van der Waals surface area contributed by atoms with E-state index in [4.69, 9.17) is 5.73 Å². The van der Waals surface area contributed by atoms with Gasteiger partial charge in [-0.15, -0.1) is 0 Å². The number of hydrogen-bond donors (Lipinski definition) is 2. The number of hydrogen-bond acceptors (Lipinski definition) is 4. The third kappa shape index (κ3) is 1.34. The van der Waals surface area contributed by atoms with Crippen molar-refractivity contribution in [3.05, 3.63) is 40.4 Å². The number of nitro benzene ring substituents is 1. The van der Waals surface area contributed by atoms with Crippen LogP contribution in [-0.2, 0) is 0 Å². The monoisotopic (exact) mass is 204 g/mol. The number of aromatic hydroxyl groups is 1. The predicted octanol–water partition coefficient (Wildman–Crippen LogP) is 2.04. The zero-order chi connectivity index (χ0) is 11.0. The van der Waals surface area contributed by atoms with E-state index in [1.165, 1.54) is 0 Å².